The summed E-state index contributed by atoms with van der Waals surface area (Å²) in [5, 5.41) is 3.38. The number of hydrogen-bond acceptors (Lipinski definition) is 1. The zero-order valence-electron chi connectivity index (χ0n) is 12.9. The number of rotatable bonds is 6. The lowest BCUT2D eigenvalue weighted by atomic mass is 9.73. The van der Waals surface area contributed by atoms with Gasteiger partial charge in [0.15, 0.2) is 0 Å². The molecule has 1 N–H and O–H groups in total. The van der Waals surface area contributed by atoms with Crippen molar-refractivity contribution in [1.29, 1.82) is 0 Å². The molecule has 1 rings (SSSR count). The van der Waals surface area contributed by atoms with Gasteiger partial charge in [-0.2, -0.15) is 0 Å². The third kappa shape index (κ3) is 2.95. The average Bonchev–Trinajstić information content (AvgIpc) is 2.36. The molecule has 0 heterocycles. The van der Waals surface area contributed by atoms with Crippen LogP contribution < -0.4 is 5.32 Å². The second kappa shape index (κ2) is 6.38. The summed E-state index contributed by atoms with van der Waals surface area (Å²) in [4.78, 5) is 0. The predicted molar refractivity (Wildman–Crippen MR) is 81.5 cm³/mol. The highest BCUT2D eigenvalue weighted by Crippen LogP contribution is 2.35. The van der Waals surface area contributed by atoms with Crippen LogP contribution >= 0.6 is 0 Å². The van der Waals surface area contributed by atoms with Crippen molar-refractivity contribution in [2.45, 2.75) is 58.8 Å². The SMILES string of the molecule is CCC(CC)(CNC)c1cc(C(C)C)ccc1C. The Kier molecular flexibility index (Phi) is 5.40. The van der Waals surface area contributed by atoms with E-state index in [-0.39, 0.29) is 5.41 Å². The van der Waals surface area contributed by atoms with E-state index in [4.69, 9.17) is 0 Å². The van der Waals surface area contributed by atoms with Crippen LogP contribution in [0.15, 0.2) is 18.2 Å². The second-order valence-corrected chi connectivity index (χ2v) is 5.75. The van der Waals surface area contributed by atoms with Gasteiger partial charge in [0.2, 0.25) is 0 Å². The van der Waals surface area contributed by atoms with E-state index in [0.717, 1.165) is 6.54 Å². The summed E-state index contributed by atoms with van der Waals surface area (Å²) in [6.07, 6.45) is 2.37. The number of likely N-dealkylation sites (N-methyl/N-ethyl adjacent to an activating group) is 1. The Labute approximate surface area is 113 Å². The van der Waals surface area contributed by atoms with E-state index in [2.05, 4.69) is 65.2 Å². The van der Waals surface area contributed by atoms with Crippen LogP contribution in [0.1, 0.15) is 63.1 Å². The van der Waals surface area contributed by atoms with Crippen LogP contribution in [-0.2, 0) is 5.41 Å². The number of nitrogens with one attached hydrogen (secondary N) is 1. The van der Waals surface area contributed by atoms with Gasteiger partial charge in [-0.15, -0.1) is 0 Å². The van der Waals surface area contributed by atoms with E-state index in [1.165, 1.54) is 29.5 Å². The van der Waals surface area contributed by atoms with Gasteiger partial charge in [0.25, 0.3) is 0 Å². The molecule has 102 valence electrons. The Morgan fingerprint density at radius 3 is 2.22 bits per heavy atom. The molecule has 0 atom stereocenters. The maximum absolute atomic E-state index is 3.38. The third-order valence-electron chi connectivity index (χ3n) is 4.37. The summed E-state index contributed by atoms with van der Waals surface area (Å²) < 4.78 is 0. The largest absolute Gasteiger partial charge is 0.319 e. The van der Waals surface area contributed by atoms with Crippen LogP contribution in [0.2, 0.25) is 0 Å². The Morgan fingerprint density at radius 1 is 1.17 bits per heavy atom. The van der Waals surface area contributed by atoms with Gasteiger partial charge in [-0.1, -0.05) is 45.9 Å². The summed E-state index contributed by atoms with van der Waals surface area (Å²) in [6, 6.07) is 7.00. The van der Waals surface area contributed by atoms with Crippen molar-refractivity contribution in [2.24, 2.45) is 0 Å². The maximum atomic E-state index is 3.38. The molecule has 0 fully saturated rings. The number of hydrogen-bond donors (Lipinski definition) is 1. The van der Waals surface area contributed by atoms with Crippen molar-refractivity contribution >= 4 is 0 Å². The minimum absolute atomic E-state index is 0.281. The average molecular weight is 247 g/mol. The fraction of sp³-hybridized carbons (Fsp3) is 0.647. The molecule has 18 heavy (non-hydrogen) atoms. The fourth-order valence-corrected chi connectivity index (χ4v) is 2.88. The minimum Gasteiger partial charge on any atom is -0.319 e. The summed E-state index contributed by atoms with van der Waals surface area (Å²) in [5.74, 6) is 0.602. The summed E-state index contributed by atoms with van der Waals surface area (Å²) in [5.41, 5.74) is 4.70. The fourth-order valence-electron chi connectivity index (χ4n) is 2.88. The van der Waals surface area contributed by atoms with Gasteiger partial charge in [-0.25, -0.2) is 0 Å². The number of aryl methyl sites for hydroxylation is 1. The predicted octanol–water partition coefficient (Wildman–Crippen LogP) is 4.40. The molecule has 0 saturated carbocycles. The number of benzene rings is 1. The zero-order chi connectivity index (χ0) is 13.8. The molecular formula is C17H29N. The van der Waals surface area contributed by atoms with Crippen molar-refractivity contribution in [3.05, 3.63) is 34.9 Å². The Morgan fingerprint density at radius 2 is 1.78 bits per heavy atom. The molecule has 1 nitrogen and oxygen atoms in total. The van der Waals surface area contributed by atoms with Crippen LogP contribution in [0.3, 0.4) is 0 Å². The van der Waals surface area contributed by atoms with Crippen molar-refractivity contribution in [1.82, 2.24) is 5.32 Å². The molecule has 0 spiro atoms. The lowest BCUT2D eigenvalue weighted by molar-refractivity contribution is 0.378. The molecule has 0 radical (unpaired) electrons. The van der Waals surface area contributed by atoms with Crippen molar-refractivity contribution in [3.8, 4) is 0 Å². The van der Waals surface area contributed by atoms with Gasteiger partial charge < -0.3 is 5.32 Å². The van der Waals surface area contributed by atoms with Crippen LogP contribution in [0.4, 0.5) is 0 Å². The van der Waals surface area contributed by atoms with Crippen molar-refractivity contribution < 1.29 is 0 Å². The van der Waals surface area contributed by atoms with Gasteiger partial charge in [0.1, 0.15) is 0 Å². The zero-order valence-corrected chi connectivity index (χ0v) is 12.9. The van der Waals surface area contributed by atoms with E-state index >= 15 is 0 Å². The molecular weight excluding hydrogens is 218 g/mol. The topological polar surface area (TPSA) is 12.0 Å². The lowest BCUT2D eigenvalue weighted by Crippen LogP contribution is -2.36. The highest BCUT2D eigenvalue weighted by atomic mass is 14.8. The van der Waals surface area contributed by atoms with Crippen LogP contribution in [0, 0.1) is 6.92 Å². The second-order valence-electron chi connectivity index (χ2n) is 5.75. The highest BCUT2D eigenvalue weighted by molar-refractivity contribution is 5.38. The normalized spacial score (nSPS) is 12.2. The molecule has 0 aliphatic carbocycles. The van der Waals surface area contributed by atoms with E-state index in [9.17, 15) is 0 Å². The molecule has 1 aromatic carbocycles. The first-order valence-corrected chi connectivity index (χ1v) is 7.26. The van der Waals surface area contributed by atoms with E-state index in [1.807, 2.05) is 0 Å². The van der Waals surface area contributed by atoms with Crippen molar-refractivity contribution in [3.63, 3.8) is 0 Å². The van der Waals surface area contributed by atoms with Crippen LogP contribution in [-0.4, -0.2) is 13.6 Å². The van der Waals surface area contributed by atoms with E-state index in [0.29, 0.717) is 5.92 Å². The Balaban J connectivity index is 3.30. The first-order valence-electron chi connectivity index (χ1n) is 7.26. The minimum atomic E-state index is 0.281. The van der Waals surface area contributed by atoms with E-state index < -0.39 is 0 Å². The van der Waals surface area contributed by atoms with Gasteiger partial charge in [-0.3, -0.25) is 0 Å². The quantitative estimate of drug-likeness (QED) is 0.786. The Hall–Kier alpha value is -0.820. The molecule has 0 bridgehead atoms. The van der Waals surface area contributed by atoms with Crippen LogP contribution in [0.25, 0.3) is 0 Å². The van der Waals surface area contributed by atoms with Gasteiger partial charge in [0, 0.05) is 12.0 Å². The molecule has 0 amide bonds. The monoisotopic (exact) mass is 247 g/mol. The van der Waals surface area contributed by atoms with Gasteiger partial charge in [-0.05, 0) is 49.4 Å². The molecule has 1 aromatic rings. The molecule has 0 aliphatic heterocycles. The molecule has 1 heteroatoms. The van der Waals surface area contributed by atoms with Crippen LogP contribution in [0.5, 0.6) is 0 Å². The molecule has 0 saturated heterocycles. The maximum Gasteiger partial charge on any atom is 0.00751 e. The lowest BCUT2D eigenvalue weighted by Gasteiger charge is -2.34. The smallest absolute Gasteiger partial charge is 0.00751 e. The standard InChI is InChI=1S/C17H29N/c1-7-17(8-2,12-18-6)16-11-15(13(3)4)10-9-14(16)5/h9-11,13,18H,7-8,12H2,1-6H3. The van der Waals surface area contributed by atoms with E-state index in [1.54, 1.807) is 0 Å². The summed E-state index contributed by atoms with van der Waals surface area (Å²) in [6.45, 7) is 12.5. The molecule has 0 unspecified atom stereocenters. The Bertz CT molecular complexity index is 375. The highest BCUT2D eigenvalue weighted by Gasteiger charge is 2.29. The molecule has 0 aliphatic rings. The first kappa shape index (κ1) is 15.2. The van der Waals surface area contributed by atoms with Crippen molar-refractivity contribution in [2.75, 3.05) is 13.6 Å². The third-order valence-corrected chi connectivity index (χ3v) is 4.37. The summed E-state index contributed by atoms with van der Waals surface area (Å²) >= 11 is 0. The molecule has 0 aromatic heterocycles. The summed E-state index contributed by atoms with van der Waals surface area (Å²) in [7, 11) is 2.06. The van der Waals surface area contributed by atoms with Gasteiger partial charge in [0.05, 0.1) is 0 Å². The first-order chi connectivity index (χ1) is 8.50. The van der Waals surface area contributed by atoms with Gasteiger partial charge >= 0.3 is 0 Å².